The van der Waals surface area contributed by atoms with Gasteiger partial charge in [-0.2, -0.15) is 0 Å². The van der Waals surface area contributed by atoms with E-state index < -0.39 is 5.60 Å². The Bertz CT molecular complexity index is 902. The van der Waals surface area contributed by atoms with Crippen molar-refractivity contribution in [2.24, 2.45) is 0 Å². The van der Waals surface area contributed by atoms with E-state index >= 15 is 0 Å². The van der Waals surface area contributed by atoms with Crippen LogP contribution >= 0.6 is 0 Å². The van der Waals surface area contributed by atoms with Crippen LogP contribution in [0.1, 0.15) is 6.42 Å². The van der Waals surface area contributed by atoms with E-state index in [4.69, 9.17) is 14.2 Å². The first-order chi connectivity index (χ1) is 15.5. The van der Waals surface area contributed by atoms with E-state index in [0.717, 1.165) is 0 Å². The van der Waals surface area contributed by atoms with Crippen molar-refractivity contribution in [1.82, 2.24) is 19.4 Å². The number of imidazole rings is 1. The molecule has 2 saturated heterocycles. The van der Waals surface area contributed by atoms with E-state index in [9.17, 15) is 14.0 Å². The number of morpholine rings is 2. The lowest BCUT2D eigenvalue weighted by Crippen LogP contribution is -2.59. The Morgan fingerprint density at radius 1 is 1.06 bits per heavy atom. The molecule has 0 N–H and O–H groups in total. The van der Waals surface area contributed by atoms with Gasteiger partial charge in [-0.05, 0) is 24.3 Å². The summed E-state index contributed by atoms with van der Waals surface area (Å²) in [5.41, 5.74) is -1.01. The monoisotopic (exact) mass is 446 g/mol. The number of benzene rings is 1. The first-order valence-electron chi connectivity index (χ1n) is 10.6. The van der Waals surface area contributed by atoms with Crippen molar-refractivity contribution in [3.8, 4) is 5.75 Å². The predicted octanol–water partition coefficient (Wildman–Crippen LogP) is 0.948. The van der Waals surface area contributed by atoms with Gasteiger partial charge in [0, 0.05) is 32.0 Å². The van der Waals surface area contributed by atoms with E-state index in [2.05, 4.69) is 4.98 Å². The second-order valence-electron chi connectivity index (χ2n) is 7.99. The van der Waals surface area contributed by atoms with Gasteiger partial charge < -0.3 is 28.6 Å². The fourth-order valence-corrected chi connectivity index (χ4v) is 3.89. The summed E-state index contributed by atoms with van der Waals surface area (Å²) < 4.78 is 32.3. The normalized spacial score (nSPS) is 21.4. The first kappa shape index (κ1) is 22.2. The topological polar surface area (TPSA) is 86.1 Å². The molecule has 2 aromatic rings. The number of aromatic nitrogens is 2. The van der Waals surface area contributed by atoms with Crippen molar-refractivity contribution in [3.63, 3.8) is 0 Å². The van der Waals surface area contributed by atoms with E-state index in [1.807, 2.05) is 0 Å². The van der Waals surface area contributed by atoms with Gasteiger partial charge in [-0.1, -0.05) is 0 Å². The highest BCUT2D eigenvalue weighted by Gasteiger charge is 2.42. The molecular formula is C22H27FN4O5. The largest absolute Gasteiger partial charge is 0.490 e. The van der Waals surface area contributed by atoms with Crippen LogP contribution in [-0.4, -0.2) is 89.4 Å². The quantitative estimate of drug-likeness (QED) is 0.630. The van der Waals surface area contributed by atoms with Crippen LogP contribution in [0.3, 0.4) is 0 Å². The number of hydrogen-bond donors (Lipinski definition) is 0. The Kier molecular flexibility index (Phi) is 7.01. The molecule has 1 atom stereocenters. The predicted molar refractivity (Wildman–Crippen MR) is 111 cm³/mol. The van der Waals surface area contributed by atoms with Crippen LogP contribution in [0.5, 0.6) is 5.75 Å². The Hall–Kier alpha value is -2.98. The highest BCUT2D eigenvalue weighted by atomic mass is 19.1. The molecule has 2 amide bonds. The molecule has 0 spiro atoms. The molecule has 0 bridgehead atoms. The van der Waals surface area contributed by atoms with Gasteiger partial charge in [0.2, 0.25) is 11.8 Å². The van der Waals surface area contributed by atoms with Crippen LogP contribution in [0.15, 0.2) is 43.0 Å². The molecule has 10 heteroatoms. The summed E-state index contributed by atoms with van der Waals surface area (Å²) in [5, 5.41) is 0. The Morgan fingerprint density at radius 3 is 2.53 bits per heavy atom. The summed E-state index contributed by atoms with van der Waals surface area (Å²) in [7, 11) is 0. The number of ether oxygens (including phenoxy) is 3. The molecular weight excluding hydrogens is 419 g/mol. The molecule has 1 aromatic heterocycles. The third-order valence-electron chi connectivity index (χ3n) is 5.63. The van der Waals surface area contributed by atoms with Crippen LogP contribution in [0, 0.1) is 5.82 Å². The lowest BCUT2D eigenvalue weighted by atomic mass is 9.96. The fourth-order valence-electron chi connectivity index (χ4n) is 3.89. The summed E-state index contributed by atoms with van der Waals surface area (Å²) in [6.07, 6.45) is 5.01. The highest BCUT2D eigenvalue weighted by molar-refractivity contribution is 5.78. The highest BCUT2D eigenvalue weighted by Crippen LogP contribution is 2.26. The summed E-state index contributed by atoms with van der Waals surface area (Å²) in [6, 6.07) is 5.67. The third kappa shape index (κ3) is 5.63. The molecule has 172 valence electrons. The molecule has 2 aliphatic rings. The van der Waals surface area contributed by atoms with E-state index in [0.29, 0.717) is 45.2 Å². The number of hydrogen-bond acceptors (Lipinski definition) is 6. The van der Waals surface area contributed by atoms with Crippen molar-refractivity contribution in [2.45, 2.75) is 18.6 Å². The third-order valence-corrected chi connectivity index (χ3v) is 5.63. The minimum absolute atomic E-state index is 0.0591. The second-order valence-corrected chi connectivity index (χ2v) is 7.99. The van der Waals surface area contributed by atoms with E-state index in [1.165, 1.54) is 24.3 Å². The number of carbonyl (C=O) groups is 2. The van der Waals surface area contributed by atoms with Gasteiger partial charge in [0.25, 0.3) is 0 Å². The number of rotatable bonds is 7. The van der Waals surface area contributed by atoms with Gasteiger partial charge in [0.15, 0.2) is 0 Å². The minimum Gasteiger partial charge on any atom is -0.490 e. The van der Waals surface area contributed by atoms with Gasteiger partial charge in [-0.3, -0.25) is 9.59 Å². The maximum atomic E-state index is 13.2. The van der Waals surface area contributed by atoms with Crippen LogP contribution < -0.4 is 4.74 Å². The lowest BCUT2D eigenvalue weighted by Gasteiger charge is -2.43. The zero-order valence-corrected chi connectivity index (χ0v) is 17.8. The first-order valence-corrected chi connectivity index (χ1v) is 10.6. The SMILES string of the molecule is O=C(C[C@@]1(COc2ccc(F)cc2)CN(C(=O)Cn2ccnc2)CCO1)N1CCOCC1. The van der Waals surface area contributed by atoms with Crippen LogP contribution in [-0.2, 0) is 25.6 Å². The number of amides is 2. The lowest BCUT2D eigenvalue weighted by molar-refractivity contribution is -0.167. The van der Waals surface area contributed by atoms with Gasteiger partial charge in [0.05, 0.1) is 39.1 Å². The van der Waals surface area contributed by atoms with Crippen LogP contribution in [0.2, 0.25) is 0 Å². The van der Waals surface area contributed by atoms with Gasteiger partial charge in [0.1, 0.15) is 30.3 Å². The van der Waals surface area contributed by atoms with Crippen molar-refractivity contribution in [2.75, 3.05) is 52.6 Å². The molecule has 2 fully saturated rings. The minimum atomic E-state index is -1.01. The van der Waals surface area contributed by atoms with Gasteiger partial charge in [-0.15, -0.1) is 0 Å². The fraction of sp³-hybridized carbons (Fsp3) is 0.500. The van der Waals surface area contributed by atoms with Gasteiger partial charge >= 0.3 is 0 Å². The maximum Gasteiger partial charge on any atom is 0.242 e. The Morgan fingerprint density at radius 2 is 1.81 bits per heavy atom. The van der Waals surface area contributed by atoms with Crippen LogP contribution in [0.4, 0.5) is 4.39 Å². The molecule has 32 heavy (non-hydrogen) atoms. The van der Waals surface area contributed by atoms with Crippen molar-refractivity contribution < 1.29 is 28.2 Å². The molecule has 4 rings (SSSR count). The Balaban J connectivity index is 1.48. The number of carbonyl (C=O) groups excluding carboxylic acids is 2. The average Bonchev–Trinajstić information content (AvgIpc) is 3.32. The van der Waals surface area contributed by atoms with Gasteiger partial charge in [-0.25, -0.2) is 9.37 Å². The smallest absolute Gasteiger partial charge is 0.242 e. The molecule has 0 saturated carbocycles. The molecule has 3 heterocycles. The zero-order valence-electron chi connectivity index (χ0n) is 17.8. The summed E-state index contributed by atoms with van der Waals surface area (Å²) in [4.78, 5) is 33.3. The standard InChI is InChI=1S/C22H27FN4O5/c23-18-1-3-19(4-2-18)31-16-22(13-20(28)26-7-10-30-11-8-26)15-27(9-12-32-22)21(29)14-25-6-5-24-17-25/h1-6,17H,7-16H2/t22-/m0/s1. The van der Waals surface area contributed by atoms with E-state index in [-0.39, 0.29) is 43.7 Å². The summed E-state index contributed by atoms with van der Waals surface area (Å²) in [5.74, 6) is -0.0500. The number of nitrogens with zero attached hydrogens (tertiary/aromatic N) is 4. The maximum absolute atomic E-state index is 13.2. The molecule has 9 nitrogen and oxygen atoms in total. The molecule has 1 aromatic carbocycles. The molecule has 0 radical (unpaired) electrons. The molecule has 0 unspecified atom stereocenters. The molecule has 2 aliphatic heterocycles. The average molecular weight is 446 g/mol. The van der Waals surface area contributed by atoms with Crippen molar-refractivity contribution in [1.29, 1.82) is 0 Å². The van der Waals surface area contributed by atoms with Crippen molar-refractivity contribution in [3.05, 3.63) is 48.8 Å². The Labute approximate surface area is 185 Å². The van der Waals surface area contributed by atoms with E-state index in [1.54, 1.807) is 33.1 Å². The summed E-state index contributed by atoms with van der Waals surface area (Å²) >= 11 is 0. The van der Waals surface area contributed by atoms with Crippen molar-refractivity contribution >= 4 is 11.8 Å². The second kappa shape index (κ2) is 10.1. The van der Waals surface area contributed by atoms with Crippen LogP contribution in [0.25, 0.3) is 0 Å². The number of halogens is 1. The summed E-state index contributed by atoms with van der Waals surface area (Å²) in [6.45, 7) is 3.21. The zero-order chi connectivity index (χ0) is 22.4. The molecule has 0 aliphatic carbocycles.